The van der Waals surface area contributed by atoms with E-state index in [-0.39, 0.29) is 0 Å². The lowest BCUT2D eigenvalue weighted by atomic mass is 9.90. The van der Waals surface area contributed by atoms with Gasteiger partial charge in [0.25, 0.3) is 5.91 Å². The molecule has 7 nitrogen and oxygen atoms in total. The molecule has 1 aliphatic rings. The second kappa shape index (κ2) is 10.8. The van der Waals surface area contributed by atoms with Crippen molar-refractivity contribution < 1.29 is 19.1 Å². The number of anilines is 1. The Morgan fingerprint density at radius 2 is 1.88 bits per heavy atom. The molecule has 1 aliphatic heterocycles. The smallest absolute Gasteiger partial charge is 0.291 e. The predicted molar refractivity (Wildman–Crippen MR) is 125 cm³/mol. The minimum absolute atomic E-state index is 0.387. The number of carbonyl (C=O) groups excluding carboxylic acids is 2. The summed E-state index contributed by atoms with van der Waals surface area (Å²) in [5.74, 6) is 0.706. The maximum atomic E-state index is 11.5. The van der Waals surface area contributed by atoms with Crippen molar-refractivity contribution >= 4 is 23.1 Å². The number of Topliss-reactive ketones (excluding diaryl/α,β-unsaturated/α-hetero) is 1. The van der Waals surface area contributed by atoms with E-state index in [0.29, 0.717) is 30.5 Å². The van der Waals surface area contributed by atoms with E-state index >= 15 is 0 Å². The van der Waals surface area contributed by atoms with E-state index in [4.69, 9.17) is 14.6 Å². The summed E-state index contributed by atoms with van der Waals surface area (Å²) in [6.07, 6.45) is 2.05. The van der Waals surface area contributed by atoms with Gasteiger partial charge in [-0.15, -0.1) is 0 Å². The van der Waals surface area contributed by atoms with Gasteiger partial charge in [-0.1, -0.05) is 19.1 Å². The average molecular weight is 438 g/mol. The molecule has 1 N–H and O–H groups in total. The molecule has 0 saturated carbocycles. The first-order valence-corrected chi connectivity index (χ1v) is 11.0. The molecule has 2 aromatic rings. The Morgan fingerprint density at radius 1 is 1.12 bits per heavy atom. The molecule has 0 spiro atoms. The van der Waals surface area contributed by atoms with Crippen molar-refractivity contribution in [2.24, 2.45) is 11.0 Å². The average Bonchev–Trinajstić information content (AvgIpc) is 2.80. The van der Waals surface area contributed by atoms with Crippen molar-refractivity contribution in [1.29, 1.82) is 0 Å². The van der Waals surface area contributed by atoms with Crippen molar-refractivity contribution in [2.75, 3.05) is 25.6 Å². The van der Waals surface area contributed by atoms with E-state index in [1.165, 1.54) is 6.92 Å². The Balaban J connectivity index is 1.79. The first-order valence-electron chi connectivity index (χ1n) is 11.0. The molecule has 0 aliphatic carbocycles. The third-order valence-electron chi connectivity index (χ3n) is 5.52. The highest BCUT2D eigenvalue weighted by molar-refractivity contribution is 6.39. The van der Waals surface area contributed by atoms with Gasteiger partial charge in [-0.3, -0.25) is 14.6 Å². The van der Waals surface area contributed by atoms with Gasteiger partial charge in [-0.05, 0) is 55.7 Å². The van der Waals surface area contributed by atoms with E-state index in [9.17, 15) is 9.59 Å². The van der Waals surface area contributed by atoms with E-state index in [2.05, 4.69) is 17.2 Å². The van der Waals surface area contributed by atoms with Gasteiger partial charge in [0.2, 0.25) is 5.78 Å². The summed E-state index contributed by atoms with van der Waals surface area (Å²) in [6, 6.07) is 13.5. The normalized spacial score (nSPS) is 15.7. The number of methoxy groups -OCH3 is 1. The zero-order valence-corrected chi connectivity index (χ0v) is 19.2. The third-order valence-corrected chi connectivity index (χ3v) is 5.52. The summed E-state index contributed by atoms with van der Waals surface area (Å²) in [5, 5.41) is 9.66. The lowest BCUT2D eigenvalue weighted by Crippen LogP contribution is -2.32. The number of nitrogens with one attached hydrogen (secondary N) is 1. The van der Waals surface area contributed by atoms with E-state index in [1.54, 1.807) is 19.2 Å². The predicted octanol–water partition coefficient (Wildman–Crippen LogP) is 4.26. The molecule has 2 aromatic carbocycles. The van der Waals surface area contributed by atoms with Crippen LogP contribution >= 0.6 is 0 Å². The zero-order chi connectivity index (χ0) is 23.1. The van der Waals surface area contributed by atoms with Gasteiger partial charge in [-0.2, -0.15) is 5.10 Å². The highest BCUT2D eigenvalue weighted by atomic mass is 16.5. The van der Waals surface area contributed by atoms with Gasteiger partial charge in [0.15, 0.2) is 11.5 Å². The van der Waals surface area contributed by atoms with Crippen molar-refractivity contribution in [3.63, 3.8) is 0 Å². The summed E-state index contributed by atoms with van der Waals surface area (Å²) in [4.78, 5) is 22.7. The number of hydrazone groups is 1. The van der Waals surface area contributed by atoms with Gasteiger partial charge >= 0.3 is 0 Å². The molecule has 170 valence electrons. The number of ketones is 1. The Labute approximate surface area is 189 Å². The van der Waals surface area contributed by atoms with Gasteiger partial charge in [0.1, 0.15) is 0 Å². The Hall–Kier alpha value is -3.35. The highest BCUT2D eigenvalue weighted by Crippen LogP contribution is 2.31. The van der Waals surface area contributed by atoms with Crippen LogP contribution in [0.4, 0.5) is 5.69 Å². The Bertz CT molecular complexity index is 985. The second-order valence-corrected chi connectivity index (χ2v) is 7.77. The van der Waals surface area contributed by atoms with Crippen LogP contribution in [0, 0.1) is 5.92 Å². The maximum absolute atomic E-state index is 11.5. The number of nitrogens with zero attached hydrogens (tertiary/aromatic N) is 2. The fourth-order valence-corrected chi connectivity index (χ4v) is 3.76. The minimum atomic E-state index is -0.612. The molecule has 0 radical (unpaired) electrons. The van der Waals surface area contributed by atoms with E-state index < -0.39 is 11.7 Å². The molecule has 32 heavy (non-hydrogen) atoms. The van der Waals surface area contributed by atoms with Crippen molar-refractivity contribution in [1.82, 2.24) is 5.01 Å². The Morgan fingerprint density at radius 3 is 2.50 bits per heavy atom. The van der Waals surface area contributed by atoms with Crippen LogP contribution in [0.2, 0.25) is 0 Å². The quantitative estimate of drug-likeness (QED) is 0.593. The van der Waals surface area contributed by atoms with Crippen LogP contribution in [0.1, 0.15) is 44.7 Å². The molecule has 1 heterocycles. The van der Waals surface area contributed by atoms with Gasteiger partial charge < -0.3 is 14.8 Å². The largest absolute Gasteiger partial charge is 0.493 e. The molecule has 0 fully saturated rings. The minimum Gasteiger partial charge on any atom is -0.493 e. The number of rotatable bonds is 9. The molecular weight excluding hydrogens is 406 g/mol. The number of benzene rings is 2. The SMILES string of the molecule is CCOc1cc(C2=NN(Cc3ccc(NC(=O)C(C)=O)cc3)CCC2CC)ccc1OC. The van der Waals surface area contributed by atoms with Crippen molar-refractivity contribution in [2.45, 2.75) is 40.2 Å². The molecule has 0 saturated heterocycles. The van der Waals surface area contributed by atoms with E-state index in [1.807, 2.05) is 37.3 Å². The lowest BCUT2D eigenvalue weighted by Gasteiger charge is -2.31. The number of hydrogen-bond donors (Lipinski definition) is 1. The topological polar surface area (TPSA) is 80.2 Å². The summed E-state index contributed by atoms with van der Waals surface area (Å²) in [7, 11) is 1.64. The molecule has 1 atom stereocenters. The van der Waals surface area contributed by atoms with Crippen LogP contribution < -0.4 is 14.8 Å². The lowest BCUT2D eigenvalue weighted by molar-refractivity contribution is -0.133. The summed E-state index contributed by atoms with van der Waals surface area (Å²) in [6.45, 7) is 7.50. The van der Waals surface area contributed by atoms with E-state index in [0.717, 1.165) is 42.0 Å². The fourth-order valence-electron chi connectivity index (χ4n) is 3.76. The molecule has 1 amide bonds. The third kappa shape index (κ3) is 5.66. The van der Waals surface area contributed by atoms with Gasteiger partial charge in [0.05, 0.1) is 26.0 Å². The Kier molecular flexibility index (Phi) is 7.87. The molecule has 7 heteroatoms. The highest BCUT2D eigenvalue weighted by Gasteiger charge is 2.24. The van der Waals surface area contributed by atoms with Crippen molar-refractivity contribution in [3.05, 3.63) is 53.6 Å². The first kappa shape index (κ1) is 23.3. The number of hydrogen-bond acceptors (Lipinski definition) is 6. The number of ether oxygens (including phenoxy) is 2. The van der Waals surface area contributed by atoms with Crippen LogP contribution in [-0.4, -0.2) is 42.7 Å². The second-order valence-electron chi connectivity index (χ2n) is 7.77. The van der Waals surface area contributed by atoms with Crippen molar-refractivity contribution in [3.8, 4) is 11.5 Å². The fraction of sp³-hybridized carbons (Fsp3) is 0.400. The standard InChI is InChI=1S/C25H31N3O4/c1-5-19-13-14-28(16-18-7-10-21(11-8-18)26-25(30)17(3)29)27-24(19)20-9-12-22(31-4)23(15-20)32-6-2/h7-12,15,19H,5-6,13-14,16H2,1-4H3,(H,26,30). The van der Waals surface area contributed by atoms with Gasteiger partial charge in [-0.25, -0.2) is 0 Å². The van der Waals surface area contributed by atoms with Crippen LogP contribution in [0.3, 0.4) is 0 Å². The molecule has 0 bridgehead atoms. The van der Waals surface area contributed by atoms with Crippen LogP contribution in [0.25, 0.3) is 0 Å². The molecule has 1 unspecified atom stereocenters. The maximum Gasteiger partial charge on any atom is 0.291 e. The van der Waals surface area contributed by atoms with Crippen LogP contribution in [-0.2, 0) is 16.1 Å². The number of carbonyl (C=O) groups is 2. The summed E-state index contributed by atoms with van der Waals surface area (Å²) < 4.78 is 11.2. The number of amides is 1. The van der Waals surface area contributed by atoms with Crippen LogP contribution in [0.5, 0.6) is 11.5 Å². The summed E-state index contributed by atoms with van der Waals surface area (Å²) >= 11 is 0. The first-order chi connectivity index (χ1) is 15.4. The monoisotopic (exact) mass is 437 g/mol. The zero-order valence-electron chi connectivity index (χ0n) is 19.2. The van der Waals surface area contributed by atoms with Gasteiger partial charge in [0, 0.05) is 30.6 Å². The molecule has 3 rings (SSSR count). The van der Waals surface area contributed by atoms with Crippen LogP contribution in [0.15, 0.2) is 47.6 Å². The molecular formula is C25H31N3O4. The molecule has 0 aromatic heterocycles. The summed E-state index contributed by atoms with van der Waals surface area (Å²) in [5.41, 5.74) is 3.79.